The third-order valence-electron chi connectivity index (χ3n) is 4.99. The number of benzene rings is 2. The normalized spacial score (nSPS) is 11.7. The van der Waals surface area contributed by atoms with Crippen molar-refractivity contribution >= 4 is 5.91 Å². The van der Waals surface area contributed by atoms with Gasteiger partial charge in [-0.2, -0.15) is 0 Å². The average Bonchev–Trinajstić information content (AvgIpc) is 2.79. The molecular weight excluding hydrogens is 364 g/mol. The van der Waals surface area contributed by atoms with Crippen molar-refractivity contribution < 1.29 is 14.6 Å². The Labute approximate surface area is 171 Å². The van der Waals surface area contributed by atoms with Crippen molar-refractivity contribution in [3.8, 4) is 16.9 Å². The maximum Gasteiger partial charge on any atom is 0.254 e. The highest BCUT2D eigenvalue weighted by Gasteiger charge is 2.24. The van der Waals surface area contributed by atoms with Gasteiger partial charge in [0.25, 0.3) is 5.91 Å². The smallest absolute Gasteiger partial charge is 0.254 e. The second-order valence-corrected chi connectivity index (χ2v) is 6.82. The molecule has 1 N–H and O–H groups in total. The van der Waals surface area contributed by atoms with Gasteiger partial charge >= 0.3 is 0 Å². The van der Waals surface area contributed by atoms with E-state index < -0.39 is 0 Å². The molecule has 0 saturated heterocycles. The molecule has 1 heterocycles. The van der Waals surface area contributed by atoms with E-state index in [9.17, 15) is 9.90 Å². The van der Waals surface area contributed by atoms with Gasteiger partial charge in [0.2, 0.25) is 0 Å². The van der Waals surface area contributed by atoms with Crippen LogP contribution in [0, 0.1) is 0 Å². The van der Waals surface area contributed by atoms with Crippen molar-refractivity contribution in [3.05, 3.63) is 84.2 Å². The Bertz CT molecular complexity index is 940. The zero-order valence-corrected chi connectivity index (χ0v) is 16.8. The van der Waals surface area contributed by atoms with Crippen LogP contribution < -0.4 is 4.74 Å². The summed E-state index contributed by atoms with van der Waals surface area (Å²) in [5, 5.41) is 9.85. The summed E-state index contributed by atoms with van der Waals surface area (Å²) in [5.41, 5.74) is 3.34. The lowest BCUT2D eigenvalue weighted by molar-refractivity contribution is 0.0563. The summed E-state index contributed by atoms with van der Waals surface area (Å²) < 4.78 is 5.46. The first kappa shape index (κ1) is 20.6. The van der Waals surface area contributed by atoms with E-state index in [1.165, 1.54) is 0 Å². The van der Waals surface area contributed by atoms with Crippen LogP contribution in [0.15, 0.2) is 73.1 Å². The van der Waals surface area contributed by atoms with Crippen LogP contribution in [0.25, 0.3) is 11.1 Å². The maximum absolute atomic E-state index is 13.4. The summed E-state index contributed by atoms with van der Waals surface area (Å²) in [5.74, 6) is 0.637. The van der Waals surface area contributed by atoms with Crippen LogP contribution in [0.1, 0.15) is 29.3 Å². The summed E-state index contributed by atoms with van der Waals surface area (Å²) in [6.07, 6.45) is 4.11. The second kappa shape index (κ2) is 9.85. The minimum absolute atomic E-state index is 0.0886. The third kappa shape index (κ3) is 4.81. The zero-order chi connectivity index (χ0) is 20.6. The van der Waals surface area contributed by atoms with Gasteiger partial charge in [0.15, 0.2) is 0 Å². The number of para-hydroxylation sites is 1. The Morgan fingerprint density at radius 3 is 2.66 bits per heavy atom. The fourth-order valence-electron chi connectivity index (χ4n) is 3.37. The number of hydrogen-bond donors (Lipinski definition) is 1. The van der Waals surface area contributed by atoms with Gasteiger partial charge in [0, 0.05) is 30.1 Å². The Hall–Kier alpha value is -3.18. The van der Waals surface area contributed by atoms with Crippen molar-refractivity contribution in [2.45, 2.75) is 25.9 Å². The number of carbonyl (C=O) groups excluding carboxylic acids is 1. The third-order valence-corrected chi connectivity index (χ3v) is 4.99. The van der Waals surface area contributed by atoms with Crippen molar-refractivity contribution in [2.75, 3.05) is 13.7 Å². The monoisotopic (exact) mass is 390 g/mol. The summed E-state index contributed by atoms with van der Waals surface area (Å²) in [6.45, 7) is 2.27. The highest BCUT2D eigenvalue weighted by molar-refractivity contribution is 5.96. The molecule has 5 heteroatoms. The van der Waals surface area contributed by atoms with Gasteiger partial charge in [0.1, 0.15) is 5.75 Å². The molecule has 0 aliphatic heterocycles. The van der Waals surface area contributed by atoms with Crippen LogP contribution in [0.5, 0.6) is 5.75 Å². The van der Waals surface area contributed by atoms with Gasteiger partial charge in [-0.1, -0.05) is 43.3 Å². The topological polar surface area (TPSA) is 62.7 Å². The molecule has 0 aliphatic rings. The van der Waals surface area contributed by atoms with E-state index in [1.807, 2.05) is 67.6 Å². The molecule has 0 fully saturated rings. The molecule has 0 saturated carbocycles. The second-order valence-electron chi connectivity index (χ2n) is 6.82. The fourth-order valence-corrected chi connectivity index (χ4v) is 3.37. The number of methoxy groups -OCH3 is 1. The summed E-state index contributed by atoms with van der Waals surface area (Å²) in [7, 11) is 1.64. The number of nitrogens with zero attached hydrogens (tertiary/aromatic N) is 2. The number of aromatic nitrogens is 1. The van der Waals surface area contributed by atoms with Crippen LogP contribution in [0.4, 0.5) is 0 Å². The Kier molecular flexibility index (Phi) is 6.98. The molecule has 2 aromatic carbocycles. The minimum Gasteiger partial charge on any atom is -0.496 e. The van der Waals surface area contributed by atoms with E-state index in [-0.39, 0.29) is 18.6 Å². The van der Waals surface area contributed by atoms with Gasteiger partial charge in [-0.15, -0.1) is 0 Å². The van der Waals surface area contributed by atoms with Crippen molar-refractivity contribution in [1.82, 2.24) is 9.88 Å². The lowest BCUT2D eigenvalue weighted by Crippen LogP contribution is -2.41. The van der Waals surface area contributed by atoms with Gasteiger partial charge in [0.05, 0.1) is 19.8 Å². The van der Waals surface area contributed by atoms with Gasteiger partial charge in [-0.05, 0) is 41.8 Å². The first-order valence-electron chi connectivity index (χ1n) is 9.72. The lowest BCUT2D eigenvalue weighted by Gasteiger charge is -2.30. The molecule has 3 rings (SSSR count). The predicted octanol–water partition coefficient (Wildman–Crippen LogP) is 4.17. The molecular formula is C24H26N2O3. The molecule has 0 aliphatic carbocycles. The summed E-state index contributed by atoms with van der Waals surface area (Å²) in [4.78, 5) is 19.3. The van der Waals surface area contributed by atoms with Crippen LogP contribution in [0.3, 0.4) is 0 Å². The number of rotatable bonds is 8. The van der Waals surface area contributed by atoms with Crippen LogP contribution >= 0.6 is 0 Å². The minimum atomic E-state index is -0.266. The predicted molar refractivity (Wildman–Crippen MR) is 114 cm³/mol. The van der Waals surface area contributed by atoms with E-state index >= 15 is 0 Å². The maximum atomic E-state index is 13.4. The largest absolute Gasteiger partial charge is 0.496 e. The van der Waals surface area contributed by atoms with E-state index in [2.05, 4.69) is 4.98 Å². The molecule has 0 unspecified atom stereocenters. The van der Waals surface area contributed by atoms with Crippen LogP contribution in [0.2, 0.25) is 0 Å². The molecule has 5 nitrogen and oxygen atoms in total. The quantitative estimate of drug-likeness (QED) is 0.627. The van der Waals surface area contributed by atoms with E-state index in [4.69, 9.17) is 4.74 Å². The summed E-state index contributed by atoms with van der Waals surface area (Å²) in [6, 6.07) is 18.8. The van der Waals surface area contributed by atoms with E-state index in [0.29, 0.717) is 18.5 Å². The Morgan fingerprint density at radius 2 is 1.97 bits per heavy atom. The first-order valence-corrected chi connectivity index (χ1v) is 9.72. The van der Waals surface area contributed by atoms with Crippen LogP contribution in [-0.2, 0) is 6.54 Å². The molecule has 1 amide bonds. The van der Waals surface area contributed by atoms with Crippen molar-refractivity contribution in [3.63, 3.8) is 0 Å². The van der Waals surface area contributed by atoms with Gasteiger partial charge < -0.3 is 14.7 Å². The number of hydrogen-bond acceptors (Lipinski definition) is 4. The van der Waals surface area contributed by atoms with Crippen molar-refractivity contribution in [1.29, 1.82) is 0 Å². The van der Waals surface area contributed by atoms with E-state index in [1.54, 1.807) is 24.4 Å². The number of ether oxygens (including phenoxy) is 1. The molecule has 3 aromatic rings. The van der Waals surface area contributed by atoms with Gasteiger partial charge in [-0.3, -0.25) is 9.78 Å². The number of pyridine rings is 1. The van der Waals surface area contributed by atoms with E-state index in [0.717, 1.165) is 22.4 Å². The molecule has 0 bridgehead atoms. The first-order chi connectivity index (χ1) is 14.2. The molecule has 1 atom stereocenters. The van der Waals surface area contributed by atoms with Crippen molar-refractivity contribution in [2.24, 2.45) is 0 Å². The highest BCUT2D eigenvalue weighted by atomic mass is 16.5. The molecule has 1 aromatic heterocycles. The fraction of sp³-hybridized carbons (Fsp3) is 0.250. The van der Waals surface area contributed by atoms with Gasteiger partial charge in [-0.25, -0.2) is 0 Å². The standard InChI is InChI=1S/C24H26N2O3/c1-3-21(17-27)26(16-18-8-7-13-25-15-18)24(28)20-10-6-9-19(14-20)22-11-4-5-12-23(22)29-2/h4-15,21,27H,3,16-17H2,1-2H3/t21-/m0/s1. The zero-order valence-electron chi connectivity index (χ0n) is 16.8. The molecule has 0 radical (unpaired) electrons. The number of amides is 1. The Morgan fingerprint density at radius 1 is 1.14 bits per heavy atom. The molecule has 29 heavy (non-hydrogen) atoms. The number of aliphatic hydroxyl groups excluding tert-OH is 1. The molecule has 150 valence electrons. The SMILES string of the molecule is CC[C@@H](CO)N(Cc1cccnc1)C(=O)c1cccc(-c2ccccc2OC)c1. The molecule has 0 spiro atoms. The number of carbonyl (C=O) groups is 1. The summed E-state index contributed by atoms with van der Waals surface area (Å²) >= 11 is 0. The Balaban J connectivity index is 1.95. The number of aliphatic hydroxyl groups is 1. The average molecular weight is 390 g/mol. The lowest BCUT2D eigenvalue weighted by atomic mass is 10.0. The highest BCUT2D eigenvalue weighted by Crippen LogP contribution is 2.30. The van der Waals surface area contributed by atoms with Crippen LogP contribution in [-0.4, -0.2) is 40.7 Å².